The van der Waals surface area contributed by atoms with Crippen LogP contribution in [0.3, 0.4) is 0 Å². The fraction of sp³-hybridized carbons (Fsp3) is 0.344. The molecule has 1 aliphatic carbocycles. The van der Waals surface area contributed by atoms with Gasteiger partial charge >= 0.3 is 5.97 Å². The first-order valence-electron chi connectivity index (χ1n) is 14.9. The van der Waals surface area contributed by atoms with Crippen LogP contribution in [0.1, 0.15) is 52.6 Å². The van der Waals surface area contributed by atoms with E-state index < -0.39 is 5.97 Å². The lowest BCUT2D eigenvalue weighted by Gasteiger charge is -2.27. The van der Waals surface area contributed by atoms with Gasteiger partial charge in [0.15, 0.2) is 11.5 Å². The Hall–Kier alpha value is -4.75. The predicted octanol–water partition coefficient (Wildman–Crippen LogP) is 5.36. The van der Waals surface area contributed by atoms with Gasteiger partial charge < -0.3 is 33.9 Å². The third-order valence-corrected chi connectivity index (χ3v) is 9.42. The number of morpholine rings is 1. The average molecular weight is 629 g/mol. The molecule has 1 aliphatic heterocycles. The number of anilines is 3. The molecule has 0 unspecified atom stereocenters. The maximum absolute atomic E-state index is 13.1. The number of aromatic nitrogens is 3. The Labute approximate surface area is 261 Å². The number of thiophene rings is 1. The van der Waals surface area contributed by atoms with Crippen LogP contribution in [0.4, 0.5) is 17.5 Å². The highest BCUT2D eigenvalue weighted by molar-refractivity contribution is 7.17. The Bertz CT molecular complexity index is 2000. The van der Waals surface area contributed by atoms with Gasteiger partial charge in [0.05, 0.1) is 18.8 Å². The number of benzene rings is 1. The van der Waals surface area contributed by atoms with Crippen molar-refractivity contribution >= 4 is 62.0 Å². The number of carboxylic acids is 1. The van der Waals surface area contributed by atoms with E-state index in [4.69, 9.17) is 14.1 Å². The van der Waals surface area contributed by atoms with Crippen molar-refractivity contribution in [3.05, 3.63) is 63.4 Å². The summed E-state index contributed by atoms with van der Waals surface area (Å²) in [5, 5.41) is 15.9. The Morgan fingerprint density at radius 3 is 2.60 bits per heavy atom. The van der Waals surface area contributed by atoms with Crippen molar-refractivity contribution in [3.63, 3.8) is 0 Å². The van der Waals surface area contributed by atoms with E-state index in [1.807, 2.05) is 15.5 Å². The van der Waals surface area contributed by atoms with E-state index in [1.54, 1.807) is 42.7 Å². The maximum Gasteiger partial charge on any atom is 0.336 e. The van der Waals surface area contributed by atoms with Gasteiger partial charge in [0.1, 0.15) is 16.0 Å². The SMILES string of the molecule is CN(C)C(=O)c1cc2cnc(Nc3ccc(-c4csc5c(=O)cc(N6CCOCC6)oc45)c(C(=O)O)c3)nc2n1C1CCCC1. The highest BCUT2D eigenvalue weighted by Crippen LogP contribution is 2.38. The summed E-state index contributed by atoms with van der Waals surface area (Å²) in [6.07, 6.45) is 5.81. The number of fused-ring (bicyclic) bond motifs is 2. The van der Waals surface area contributed by atoms with Crippen LogP contribution >= 0.6 is 11.3 Å². The molecule has 2 aliphatic rings. The summed E-state index contributed by atoms with van der Waals surface area (Å²) in [4.78, 5) is 51.3. The first kappa shape index (κ1) is 29.0. The molecule has 0 bridgehead atoms. The lowest BCUT2D eigenvalue weighted by Crippen LogP contribution is -2.36. The molecule has 1 amide bonds. The van der Waals surface area contributed by atoms with Crippen LogP contribution in [0.2, 0.25) is 0 Å². The largest absolute Gasteiger partial charge is 0.478 e. The van der Waals surface area contributed by atoms with Gasteiger partial charge in [0.2, 0.25) is 11.4 Å². The number of hydrogen-bond donors (Lipinski definition) is 2. The molecule has 4 aromatic heterocycles. The molecule has 45 heavy (non-hydrogen) atoms. The standard InChI is InChI=1S/C32H32N6O6S/c1-36(2)30(40)24-13-18-16-33-32(35-29(18)38(24)20-5-3-4-6-20)34-19-7-8-21(22(14-19)31(41)42)23-17-45-28-25(39)15-26(44-27(23)28)37-9-11-43-12-10-37/h7-8,13-17,20H,3-6,9-12H2,1-2H3,(H,41,42)(H,33,34,35). The smallest absolute Gasteiger partial charge is 0.336 e. The number of carbonyl (C=O) groups excluding carboxylic acids is 1. The monoisotopic (exact) mass is 628 g/mol. The molecule has 7 rings (SSSR count). The van der Waals surface area contributed by atoms with E-state index in [0.29, 0.717) is 70.6 Å². The number of nitrogens with zero attached hydrogens (tertiary/aromatic N) is 5. The zero-order valence-electron chi connectivity index (χ0n) is 24.9. The van der Waals surface area contributed by atoms with E-state index in [2.05, 4.69) is 10.3 Å². The van der Waals surface area contributed by atoms with Crippen LogP contribution in [-0.4, -0.2) is 76.8 Å². The fourth-order valence-corrected chi connectivity index (χ4v) is 7.12. The van der Waals surface area contributed by atoms with Gasteiger partial charge in [-0.2, -0.15) is 4.98 Å². The Balaban J connectivity index is 1.25. The second kappa shape index (κ2) is 11.6. The molecule has 1 saturated heterocycles. The lowest BCUT2D eigenvalue weighted by molar-refractivity contribution is 0.0697. The van der Waals surface area contributed by atoms with Gasteiger partial charge in [-0.15, -0.1) is 11.3 Å². The summed E-state index contributed by atoms with van der Waals surface area (Å²) in [5.74, 6) is -0.492. The van der Waals surface area contributed by atoms with Crippen molar-refractivity contribution < 1.29 is 23.8 Å². The molecule has 12 nitrogen and oxygen atoms in total. The number of nitrogens with one attached hydrogen (secondary N) is 1. The third kappa shape index (κ3) is 5.31. The topological polar surface area (TPSA) is 143 Å². The summed E-state index contributed by atoms with van der Waals surface area (Å²) >= 11 is 1.23. The Morgan fingerprint density at radius 2 is 1.87 bits per heavy atom. The average Bonchev–Trinajstić information content (AvgIpc) is 3.80. The fourth-order valence-electron chi connectivity index (χ4n) is 6.21. The number of carbonyl (C=O) groups is 2. The summed E-state index contributed by atoms with van der Waals surface area (Å²) in [6, 6.07) is 8.47. The van der Waals surface area contributed by atoms with Crippen LogP contribution in [0.15, 0.2) is 51.1 Å². The van der Waals surface area contributed by atoms with E-state index in [-0.39, 0.29) is 28.9 Å². The van der Waals surface area contributed by atoms with Crippen LogP contribution in [0.5, 0.6) is 0 Å². The minimum absolute atomic E-state index is 0.0356. The van der Waals surface area contributed by atoms with Gasteiger partial charge in [-0.25, -0.2) is 9.78 Å². The van der Waals surface area contributed by atoms with Crippen LogP contribution in [-0.2, 0) is 4.74 Å². The number of amides is 1. The first-order valence-corrected chi connectivity index (χ1v) is 15.8. The van der Waals surface area contributed by atoms with Crippen LogP contribution in [0.25, 0.3) is 32.4 Å². The highest BCUT2D eigenvalue weighted by Gasteiger charge is 2.27. The molecule has 2 fully saturated rings. The number of rotatable bonds is 7. The van der Waals surface area contributed by atoms with Crippen LogP contribution < -0.4 is 15.6 Å². The quantitative estimate of drug-likeness (QED) is 0.242. The summed E-state index contributed by atoms with van der Waals surface area (Å²) < 4.78 is 14.1. The van der Waals surface area contributed by atoms with Gasteiger partial charge in [0, 0.05) is 73.1 Å². The second-order valence-electron chi connectivity index (χ2n) is 11.6. The molecule has 5 aromatic rings. The summed E-state index contributed by atoms with van der Waals surface area (Å²) in [6.45, 7) is 2.27. The molecular formula is C32H32N6O6S. The summed E-state index contributed by atoms with van der Waals surface area (Å²) in [7, 11) is 3.47. The van der Waals surface area contributed by atoms with Gasteiger partial charge in [-0.05, 0) is 31.0 Å². The Kier molecular flexibility index (Phi) is 7.50. The van der Waals surface area contributed by atoms with E-state index >= 15 is 0 Å². The molecule has 0 atom stereocenters. The molecule has 2 N–H and O–H groups in total. The Morgan fingerprint density at radius 1 is 1.09 bits per heavy atom. The molecule has 5 heterocycles. The van der Waals surface area contributed by atoms with Crippen LogP contribution in [0, 0.1) is 0 Å². The number of hydrogen-bond acceptors (Lipinski definition) is 10. The van der Waals surface area contributed by atoms with Gasteiger partial charge in [-0.1, -0.05) is 18.9 Å². The van der Waals surface area contributed by atoms with Gasteiger partial charge in [0.25, 0.3) is 5.91 Å². The number of carboxylic acid groups (broad SMARTS) is 1. The van der Waals surface area contributed by atoms with Gasteiger partial charge in [-0.3, -0.25) is 9.59 Å². The first-order chi connectivity index (χ1) is 21.8. The normalized spacial score (nSPS) is 15.6. The van der Waals surface area contributed by atoms with Crippen molar-refractivity contribution in [2.24, 2.45) is 0 Å². The molecule has 1 saturated carbocycles. The molecular weight excluding hydrogens is 596 g/mol. The minimum atomic E-state index is -1.13. The highest BCUT2D eigenvalue weighted by atomic mass is 32.1. The van der Waals surface area contributed by atoms with E-state index in [1.165, 1.54) is 23.5 Å². The molecule has 0 radical (unpaired) electrons. The minimum Gasteiger partial charge on any atom is -0.478 e. The lowest BCUT2D eigenvalue weighted by atomic mass is 10.0. The second-order valence-corrected chi connectivity index (χ2v) is 12.4. The predicted molar refractivity (Wildman–Crippen MR) is 172 cm³/mol. The maximum atomic E-state index is 13.1. The zero-order valence-corrected chi connectivity index (χ0v) is 25.7. The summed E-state index contributed by atoms with van der Waals surface area (Å²) in [5.41, 5.74) is 2.92. The zero-order chi connectivity index (χ0) is 31.2. The number of aromatic carboxylic acids is 1. The molecule has 13 heteroatoms. The van der Waals surface area contributed by atoms with Crippen molar-refractivity contribution in [2.45, 2.75) is 31.7 Å². The molecule has 0 spiro atoms. The van der Waals surface area contributed by atoms with Crippen molar-refractivity contribution in [3.8, 4) is 11.1 Å². The van der Waals surface area contributed by atoms with Crippen molar-refractivity contribution in [1.29, 1.82) is 0 Å². The molecule has 232 valence electrons. The molecule has 1 aromatic carbocycles. The van der Waals surface area contributed by atoms with Crippen molar-refractivity contribution in [1.82, 2.24) is 19.4 Å². The van der Waals surface area contributed by atoms with E-state index in [9.17, 15) is 19.5 Å². The van der Waals surface area contributed by atoms with E-state index in [0.717, 1.165) is 31.1 Å². The van der Waals surface area contributed by atoms with Crippen molar-refractivity contribution in [2.75, 3.05) is 50.6 Å². The number of ether oxygens (including phenoxy) is 1. The third-order valence-electron chi connectivity index (χ3n) is 8.44.